The molecule has 1 fully saturated rings. The van der Waals surface area contributed by atoms with Gasteiger partial charge in [-0.05, 0) is 31.2 Å². The van der Waals surface area contributed by atoms with Gasteiger partial charge in [-0.3, -0.25) is 9.59 Å². The highest BCUT2D eigenvalue weighted by atomic mass is 16.5. The maximum Gasteiger partial charge on any atom is 0.271 e. The first-order valence-corrected chi connectivity index (χ1v) is 6.17. The smallest absolute Gasteiger partial charge is 0.271 e. The minimum absolute atomic E-state index is 0.216. The Morgan fingerprint density at radius 2 is 2.33 bits per heavy atom. The first kappa shape index (κ1) is 12.8. The van der Waals surface area contributed by atoms with Crippen LogP contribution in [0.4, 0.5) is 0 Å². The van der Waals surface area contributed by atoms with E-state index in [0.29, 0.717) is 13.2 Å². The third-order valence-corrected chi connectivity index (χ3v) is 2.71. The Kier molecular flexibility index (Phi) is 4.46. The predicted octanol–water partition coefficient (Wildman–Crippen LogP) is 0.316. The molecule has 1 aromatic rings. The van der Waals surface area contributed by atoms with Crippen molar-refractivity contribution in [1.82, 2.24) is 15.5 Å². The van der Waals surface area contributed by atoms with Crippen LogP contribution in [0.5, 0.6) is 0 Å². The van der Waals surface area contributed by atoms with E-state index in [1.807, 2.05) is 0 Å². The summed E-state index contributed by atoms with van der Waals surface area (Å²) in [6.45, 7) is 2.05. The average Bonchev–Trinajstić information content (AvgIpc) is 3.18. The van der Waals surface area contributed by atoms with Crippen LogP contribution in [0.1, 0.15) is 29.8 Å². The maximum atomic E-state index is 11.6. The summed E-state index contributed by atoms with van der Waals surface area (Å²) in [5.41, 5.74) is -0.103. The fraction of sp³-hybridized carbons (Fsp3) is 0.583. The Balaban J connectivity index is 1.58. The van der Waals surface area contributed by atoms with Crippen molar-refractivity contribution in [1.29, 1.82) is 0 Å². The van der Waals surface area contributed by atoms with Gasteiger partial charge in [-0.1, -0.05) is 0 Å². The minimum atomic E-state index is -0.319. The van der Waals surface area contributed by atoms with Gasteiger partial charge in [0.25, 0.3) is 11.5 Å². The number of aromatic amines is 1. The van der Waals surface area contributed by atoms with Crippen molar-refractivity contribution in [2.75, 3.05) is 19.8 Å². The van der Waals surface area contributed by atoms with Crippen LogP contribution in [0.25, 0.3) is 0 Å². The second-order valence-electron chi connectivity index (χ2n) is 4.43. The summed E-state index contributed by atoms with van der Waals surface area (Å²) in [4.78, 5) is 22.3. The number of ether oxygens (including phenoxy) is 1. The fourth-order valence-electron chi connectivity index (χ4n) is 1.47. The van der Waals surface area contributed by atoms with Crippen molar-refractivity contribution in [2.45, 2.75) is 19.3 Å². The normalized spacial score (nSPS) is 14.4. The second kappa shape index (κ2) is 6.30. The van der Waals surface area contributed by atoms with E-state index in [2.05, 4.69) is 15.5 Å². The van der Waals surface area contributed by atoms with Gasteiger partial charge in [-0.15, -0.1) is 0 Å². The highest BCUT2D eigenvalue weighted by molar-refractivity contribution is 5.91. The molecule has 1 heterocycles. The molecule has 18 heavy (non-hydrogen) atoms. The van der Waals surface area contributed by atoms with Gasteiger partial charge in [-0.25, -0.2) is 5.10 Å². The van der Waals surface area contributed by atoms with Crippen molar-refractivity contribution in [2.24, 2.45) is 5.92 Å². The van der Waals surface area contributed by atoms with Gasteiger partial charge in [0.15, 0.2) is 0 Å². The molecular formula is C12H17N3O3. The molecule has 0 aliphatic heterocycles. The van der Waals surface area contributed by atoms with Crippen LogP contribution < -0.4 is 10.9 Å². The van der Waals surface area contributed by atoms with Crippen LogP contribution in [0, 0.1) is 5.92 Å². The molecule has 98 valence electrons. The molecule has 0 aromatic carbocycles. The topological polar surface area (TPSA) is 84.1 Å². The summed E-state index contributed by atoms with van der Waals surface area (Å²) < 4.78 is 5.45. The first-order valence-electron chi connectivity index (χ1n) is 6.17. The van der Waals surface area contributed by atoms with Crippen LogP contribution >= 0.6 is 0 Å². The standard InChI is InChI=1S/C12H17N3O3/c16-11-5-4-10(14-15-11)12(17)13-6-1-7-18-8-9-2-3-9/h4-5,9H,1-3,6-8H2,(H,13,17)(H,15,16). The van der Waals surface area contributed by atoms with E-state index < -0.39 is 0 Å². The maximum absolute atomic E-state index is 11.6. The third kappa shape index (κ3) is 4.29. The number of hydrogen-bond donors (Lipinski definition) is 2. The lowest BCUT2D eigenvalue weighted by molar-refractivity contribution is 0.0931. The van der Waals surface area contributed by atoms with Crippen molar-refractivity contribution in [3.8, 4) is 0 Å². The highest BCUT2D eigenvalue weighted by Crippen LogP contribution is 2.28. The van der Waals surface area contributed by atoms with Crippen LogP contribution in [0.15, 0.2) is 16.9 Å². The zero-order chi connectivity index (χ0) is 12.8. The van der Waals surface area contributed by atoms with Gasteiger partial charge in [0.2, 0.25) is 0 Å². The first-order chi connectivity index (χ1) is 8.75. The van der Waals surface area contributed by atoms with Crippen LogP contribution in [0.3, 0.4) is 0 Å². The monoisotopic (exact) mass is 251 g/mol. The Morgan fingerprint density at radius 1 is 1.50 bits per heavy atom. The number of rotatable bonds is 7. The van der Waals surface area contributed by atoms with E-state index in [9.17, 15) is 9.59 Å². The Bertz CT molecular complexity index is 434. The van der Waals surface area contributed by atoms with E-state index in [-0.39, 0.29) is 17.2 Å². The summed E-state index contributed by atoms with van der Waals surface area (Å²) >= 11 is 0. The molecule has 1 aromatic heterocycles. The highest BCUT2D eigenvalue weighted by Gasteiger charge is 2.20. The zero-order valence-corrected chi connectivity index (χ0v) is 10.1. The van der Waals surface area contributed by atoms with Crippen molar-refractivity contribution >= 4 is 5.91 Å². The summed E-state index contributed by atoms with van der Waals surface area (Å²) in [7, 11) is 0. The molecule has 0 atom stereocenters. The van der Waals surface area contributed by atoms with E-state index in [1.165, 1.54) is 25.0 Å². The van der Waals surface area contributed by atoms with Gasteiger partial charge in [0.1, 0.15) is 5.69 Å². The minimum Gasteiger partial charge on any atom is -0.381 e. The van der Waals surface area contributed by atoms with E-state index in [0.717, 1.165) is 18.9 Å². The lowest BCUT2D eigenvalue weighted by atomic mass is 10.3. The van der Waals surface area contributed by atoms with Crippen molar-refractivity contribution < 1.29 is 9.53 Å². The van der Waals surface area contributed by atoms with Gasteiger partial charge >= 0.3 is 0 Å². The summed E-state index contributed by atoms with van der Waals surface area (Å²) in [5.74, 6) is 0.485. The number of nitrogens with zero attached hydrogens (tertiary/aromatic N) is 1. The van der Waals surface area contributed by atoms with E-state index >= 15 is 0 Å². The second-order valence-corrected chi connectivity index (χ2v) is 4.43. The quantitative estimate of drug-likeness (QED) is 0.683. The summed E-state index contributed by atoms with van der Waals surface area (Å²) in [6.07, 6.45) is 3.35. The Labute approximate surface area is 105 Å². The Hall–Kier alpha value is -1.69. The van der Waals surface area contributed by atoms with E-state index in [1.54, 1.807) is 0 Å². The Morgan fingerprint density at radius 3 is 3.00 bits per heavy atom. The number of nitrogens with one attached hydrogen (secondary N) is 2. The number of hydrogen-bond acceptors (Lipinski definition) is 4. The molecule has 1 aliphatic rings. The van der Waals surface area contributed by atoms with Gasteiger partial charge in [0, 0.05) is 25.8 Å². The van der Waals surface area contributed by atoms with Crippen LogP contribution in [-0.4, -0.2) is 35.9 Å². The molecule has 2 N–H and O–H groups in total. The van der Waals surface area contributed by atoms with E-state index in [4.69, 9.17) is 4.74 Å². The van der Waals surface area contributed by atoms with Crippen LogP contribution in [0.2, 0.25) is 0 Å². The molecule has 2 rings (SSSR count). The lowest BCUT2D eigenvalue weighted by Crippen LogP contribution is -2.27. The third-order valence-electron chi connectivity index (χ3n) is 2.71. The van der Waals surface area contributed by atoms with Crippen molar-refractivity contribution in [3.63, 3.8) is 0 Å². The van der Waals surface area contributed by atoms with Gasteiger partial charge in [0.05, 0.1) is 0 Å². The largest absolute Gasteiger partial charge is 0.381 e. The predicted molar refractivity (Wildman–Crippen MR) is 65.4 cm³/mol. The molecular weight excluding hydrogens is 234 g/mol. The van der Waals surface area contributed by atoms with Crippen LogP contribution in [-0.2, 0) is 4.74 Å². The molecule has 0 saturated heterocycles. The molecule has 0 radical (unpaired) electrons. The fourth-order valence-corrected chi connectivity index (χ4v) is 1.47. The number of carbonyl (C=O) groups excluding carboxylic acids is 1. The number of H-pyrrole nitrogens is 1. The molecule has 6 nitrogen and oxygen atoms in total. The molecule has 1 amide bonds. The molecule has 0 bridgehead atoms. The molecule has 0 spiro atoms. The van der Waals surface area contributed by atoms with Crippen molar-refractivity contribution in [3.05, 3.63) is 28.2 Å². The molecule has 0 unspecified atom stereocenters. The van der Waals surface area contributed by atoms with Gasteiger partial charge < -0.3 is 10.1 Å². The zero-order valence-electron chi connectivity index (χ0n) is 10.1. The molecule has 1 saturated carbocycles. The number of amides is 1. The average molecular weight is 251 g/mol. The summed E-state index contributed by atoms with van der Waals surface area (Å²) in [6, 6.07) is 2.68. The SMILES string of the molecule is O=C(NCCCOCC1CC1)c1ccc(=O)[nH]n1. The van der Waals surface area contributed by atoms with Gasteiger partial charge in [-0.2, -0.15) is 5.10 Å². The lowest BCUT2D eigenvalue weighted by Gasteiger charge is -2.05. The number of aromatic nitrogens is 2. The molecule has 6 heteroatoms. The summed E-state index contributed by atoms with van der Waals surface area (Å²) in [5, 5.41) is 8.58. The number of carbonyl (C=O) groups is 1. The molecule has 1 aliphatic carbocycles.